The van der Waals surface area contributed by atoms with Crippen LogP contribution in [0.15, 0.2) is 42.5 Å². The van der Waals surface area contributed by atoms with Crippen LogP contribution in [0.1, 0.15) is 24.5 Å². The largest absolute Gasteiger partial charge is 0.481 e. The number of hydrogen-bond donors (Lipinski definition) is 2. The lowest BCUT2D eigenvalue weighted by atomic mass is 9.91. The number of rotatable bonds is 2. The minimum Gasteiger partial charge on any atom is -0.481 e. The van der Waals surface area contributed by atoms with Crippen LogP contribution in [0.3, 0.4) is 0 Å². The molecule has 5 heteroatoms. The van der Waals surface area contributed by atoms with Crippen LogP contribution in [-0.4, -0.2) is 35.1 Å². The zero-order valence-corrected chi connectivity index (χ0v) is 14.7. The van der Waals surface area contributed by atoms with Gasteiger partial charge in [-0.3, -0.25) is 4.79 Å². The third kappa shape index (κ3) is 3.05. The number of carboxylic acids is 1. The molecule has 2 amide bonds. The molecule has 2 unspecified atom stereocenters. The quantitative estimate of drug-likeness (QED) is 0.738. The predicted molar refractivity (Wildman–Crippen MR) is 100 cm³/mol. The lowest BCUT2D eigenvalue weighted by Gasteiger charge is -2.34. The average Bonchev–Trinajstić information content (AvgIpc) is 2.98. The van der Waals surface area contributed by atoms with Gasteiger partial charge >= 0.3 is 12.0 Å². The number of carbonyl (C=O) groups is 2. The topological polar surface area (TPSA) is 69.6 Å². The number of benzene rings is 2. The first-order valence-corrected chi connectivity index (χ1v) is 9.01. The van der Waals surface area contributed by atoms with E-state index in [9.17, 15) is 14.7 Å². The molecule has 0 saturated carbocycles. The van der Waals surface area contributed by atoms with Crippen LogP contribution in [0.5, 0.6) is 0 Å². The van der Waals surface area contributed by atoms with E-state index in [1.54, 1.807) is 4.90 Å². The third-order valence-electron chi connectivity index (χ3n) is 5.34. The van der Waals surface area contributed by atoms with Gasteiger partial charge in [0.2, 0.25) is 0 Å². The Hall–Kier alpha value is -2.82. The number of fused-ring (bicyclic) bond motifs is 3. The fourth-order valence-corrected chi connectivity index (χ4v) is 4.12. The van der Waals surface area contributed by atoms with Crippen LogP contribution < -0.4 is 5.32 Å². The van der Waals surface area contributed by atoms with Gasteiger partial charge in [0, 0.05) is 18.8 Å². The first kappa shape index (κ1) is 16.6. The number of likely N-dealkylation sites (tertiary alicyclic amines) is 1. The van der Waals surface area contributed by atoms with E-state index >= 15 is 0 Å². The Bertz CT molecular complexity index is 877. The number of piperidine rings is 1. The average molecular weight is 350 g/mol. The Kier molecular flexibility index (Phi) is 4.15. The van der Waals surface area contributed by atoms with E-state index in [1.807, 2.05) is 31.2 Å². The molecular weight excluding hydrogens is 328 g/mol. The summed E-state index contributed by atoms with van der Waals surface area (Å²) in [5.74, 6) is -1.13. The molecular formula is C21H22N2O3. The van der Waals surface area contributed by atoms with Crippen LogP contribution in [0.25, 0.3) is 11.1 Å². The molecule has 26 heavy (non-hydrogen) atoms. The van der Waals surface area contributed by atoms with Crippen molar-refractivity contribution in [3.8, 4) is 11.1 Å². The van der Waals surface area contributed by atoms with E-state index in [1.165, 1.54) is 22.3 Å². The predicted octanol–water partition coefficient (Wildman–Crippen LogP) is 3.83. The molecule has 2 aromatic carbocycles. The molecule has 0 spiro atoms. The minimum atomic E-state index is -0.829. The molecule has 1 aliphatic carbocycles. The summed E-state index contributed by atoms with van der Waals surface area (Å²) in [6.45, 7) is 2.84. The summed E-state index contributed by atoms with van der Waals surface area (Å²) in [5, 5.41) is 12.2. The van der Waals surface area contributed by atoms with Gasteiger partial charge in [0.05, 0.1) is 5.92 Å². The highest BCUT2D eigenvalue weighted by Crippen LogP contribution is 2.37. The van der Waals surface area contributed by atoms with E-state index in [2.05, 4.69) is 23.5 Å². The van der Waals surface area contributed by atoms with Crippen molar-refractivity contribution in [1.82, 2.24) is 4.90 Å². The highest BCUT2D eigenvalue weighted by molar-refractivity contribution is 5.91. The summed E-state index contributed by atoms with van der Waals surface area (Å²) >= 11 is 0. The van der Waals surface area contributed by atoms with Gasteiger partial charge in [0.15, 0.2) is 0 Å². The third-order valence-corrected chi connectivity index (χ3v) is 5.34. The number of nitrogens with one attached hydrogen (secondary N) is 1. The number of amides is 2. The molecule has 1 saturated heterocycles. The molecule has 2 N–H and O–H groups in total. The Morgan fingerprint density at radius 2 is 1.85 bits per heavy atom. The Morgan fingerprint density at radius 3 is 2.65 bits per heavy atom. The summed E-state index contributed by atoms with van der Waals surface area (Å²) in [6, 6.07) is 14.1. The molecule has 2 atom stereocenters. The Balaban J connectivity index is 1.49. The molecule has 1 aliphatic heterocycles. The SMILES string of the molecule is CC1CC(C(=O)O)CN(C(=O)Nc2ccc3c(c2)Cc2ccccc2-3)C1. The van der Waals surface area contributed by atoms with E-state index in [0.717, 1.165) is 12.1 Å². The standard InChI is InChI=1S/C21H22N2O3/c1-13-8-16(20(24)25)12-23(11-13)21(26)22-17-6-7-19-15(10-17)9-14-4-2-3-5-18(14)19/h2-7,10,13,16H,8-9,11-12H2,1H3,(H,22,26)(H,24,25). The molecule has 134 valence electrons. The van der Waals surface area contributed by atoms with Gasteiger partial charge in [-0.2, -0.15) is 0 Å². The maximum absolute atomic E-state index is 12.6. The van der Waals surface area contributed by atoms with Crippen molar-refractivity contribution in [3.63, 3.8) is 0 Å². The van der Waals surface area contributed by atoms with E-state index < -0.39 is 11.9 Å². The van der Waals surface area contributed by atoms with Crippen molar-refractivity contribution in [3.05, 3.63) is 53.6 Å². The van der Waals surface area contributed by atoms with Gasteiger partial charge in [0.1, 0.15) is 0 Å². The molecule has 1 heterocycles. The maximum atomic E-state index is 12.6. The number of urea groups is 1. The second kappa shape index (κ2) is 6.48. The van der Waals surface area contributed by atoms with Crippen molar-refractivity contribution >= 4 is 17.7 Å². The molecule has 4 rings (SSSR count). The second-order valence-corrected chi connectivity index (χ2v) is 7.42. The van der Waals surface area contributed by atoms with Crippen LogP contribution in [0.2, 0.25) is 0 Å². The summed E-state index contributed by atoms with van der Waals surface area (Å²) in [6.07, 6.45) is 1.49. The normalized spacial score (nSPS) is 21.0. The van der Waals surface area contributed by atoms with Crippen molar-refractivity contribution in [2.45, 2.75) is 19.8 Å². The van der Waals surface area contributed by atoms with Gasteiger partial charge in [-0.15, -0.1) is 0 Å². The number of carbonyl (C=O) groups excluding carboxylic acids is 1. The van der Waals surface area contributed by atoms with E-state index in [4.69, 9.17) is 0 Å². The van der Waals surface area contributed by atoms with Crippen molar-refractivity contribution in [1.29, 1.82) is 0 Å². The number of aliphatic carboxylic acids is 1. The molecule has 5 nitrogen and oxygen atoms in total. The lowest BCUT2D eigenvalue weighted by Crippen LogP contribution is -2.47. The van der Waals surface area contributed by atoms with Gasteiger partial charge in [0.25, 0.3) is 0 Å². The molecule has 0 radical (unpaired) electrons. The lowest BCUT2D eigenvalue weighted by molar-refractivity contribution is -0.143. The number of carboxylic acid groups (broad SMARTS) is 1. The zero-order valence-electron chi connectivity index (χ0n) is 14.7. The number of nitrogens with zero attached hydrogens (tertiary/aromatic N) is 1. The molecule has 2 aliphatic rings. The van der Waals surface area contributed by atoms with Crippen LogP contribution in [-0.2, 0) is 11.2 Å². The summed E-state index contributed by atoms with van der Waals surface area (Å²) in [5.41, 5.74) is 5.75. The first-order chi connectivity index (χ1) is 12.5. The second-order valence-electron chi connectivity index (χ2n) is 7.42. The van der Waals surface area contributed by atoms with Gasteiger partial charge in [-0.25, -0.2) is 4.79 Å². The van der Waals surface area contributed by atoms with Gasteiger partial charge in [-0.05, 0) is 53.1 Å². The fraction of sp³-hybridized carbons (Fsp3) is 0.333. The molecule has 2 aromatic rings. The highest BCUT2D eigenvalue weighted by Gasteiger charge is 2.32. The van der Waals surface area contributed by atoms with Crippen molar-refractivity contribution < 1.29 is 14.7 Å². The van der Waals surface area contributed by atoms with E-state index in [-0.39, 0.29) is 18.5 Å². The maximum Gasteiger partial charge on any atom is 0.321 e. The number of hydrogen-bond acceptors (Lipinski definition) is 2. The highest BCUT2D eigenvalue weighted by atomic mass is 16.4. The number of anilines is 1. The van der Waals surface area contributed by atoms with Gasteiger partial charge in [-0.1, -0.05) is 37.3 Å². The molecule has 0 aromatic heterocycles. The summed E-state index contributed by atoms with van der Waals surface area (Å²) in [7, 11) is 0. The first-order valence-electron chi connectivity index (χ1n) is 9.01. The monoisotopic (exact) mass is 350 g/mol. The summed E-state index contributed by atoms with van der Waals surface area (Å²) < 4.78 is 0. The molecule has 1 fully saturated rings. The van der Waals surface area contributed by atoms with Crippen LogP contribution in [0.4, 0.5) is 10.5 Å². The van der Waals surface area contributed by atoms with Crippen LogP contribution in [0, 0.1) is 11.8 Å². The fourth-order valence-electron chi connectivity index (χ4n) is 4.12. The smallest absolute Gasteiger partial charge is 0.321 e. The minimum absolute atomic E-state index is 0.185. The van der Waals surface area contributed by atoms with Gasteiger partial charge < -0.3 is 15.3 Å². The summed E-state index contributed by atoms with van der Waals surface area (Å²) in [4.78, 5) is 25.5. The van der Waals surface area contributed by atoms with Crippen LogP contribution >= 0.6 is 0 Å². The Labute approximate surface area is 152 Å². The van der Waals surface area contributed by atoms with Crippen molar-refractivity contribution in [2.75, 3.05) is 18.4 Å². The van der Waals surface area contributed by atoms with Crippen molar-refractivity contribution in [2.24, 2.45) is 11.8 Å². The Morgan fingerprint density at radius 1 is 1.08 bits per heavy atom. The zero-order chi connectivity index (χ0) is 18.3. The molecule has 0 bridgehead atoms. The van der Waals surface area contributed by atoms with E-state index in [0.29, 0.717) is 13.0 Å².